The van der Waals surface area contributed by atoms with Crippen LogP contribution >= 0.6 is 12.4 Å². The molecule has 0 unspecified atom stereocenters. The van der Waals surface area contributed by atoms with E-state index < -0.39 is 5.97 Å². The Morgan fingerprint density at radius 3 is 1.64 bits per heavy atom. The number of hydrogen-bond donors (Lipinski definition) is 1. The van der Waals surface area contributed by atoms with Crippen LogP contribution < -0.4 is 0 Å². The van der Waals surface area contributed by atoms with E-state index in [-0.39, 0.29) is 12.4 Å². The zero-order valence-corrected chi connectivity index (χ0v) is 17.2. The maximum Gasteiger partial charge on any atom is 0.335 e. The van der Waals surface area contributed by atoms with Crippen molar-refractivity contribution in [2.75, 3.05) is 20.6 Å². The van der Waals surface area contributed by atoms with Crippen molar-refractivity contribution in [1.82, 2.24) is 4.90 Å². The minimum atomic E-state index is -0.879. The molecule has 0 saturated carbocycles. The van der Waals surface area contributed by atoms with Crippen LogP contribution in [0, 0.1) is 0 Å². The summed E-state index contributed by atoms with van der Waals surface area (Å²) in [5.41, 5.74) is 0.331. The average Bonchev–Trinajstić information content (AvgIpc) is 2.57. The Morgan fingerprint density at radius 2 is 1.28 bits per heavy atom. The predicted octanol–water partition coefficient (Wildman–Crippen LogP) is 6.28. The number of halogens is 1. The van der Waals surface area contributed by atoms with Gasteiger partial charge in [0.1, 0.15) is 0 Å². The Balaban J connectivity index is 0. The van der Waals surface area contributed by atoms with Gasteiger partial charge in [-0.3, -0.25) is 0 Å². The number of hydrogen-bond acceptors (Lipinski definition) is 2. The van der Waals surface area contributed by atoms with Gasteiger partial charge < -0.3 is 10.0 Å². The highest BCUT2D eigenvalue weighted by Gasteiger charge is 1.96. The van der Waals surface area contributed by atoms with E-state index in [1.54, 1.807) is 30.3 Å². The third kappa shape index (κ3) is 19.1. The first-order valence-electron chi connectivity index (χ1n) is 9.51. The number of carboxylic acid groups (broad SMARTS) is 1. The monoisotopic (exact) mass is 371 g/mol. The van der Waals surface area contributed by atoms with E-state index in [0.717, 1.165) is 0 Å². The standard InChI is InChI=1S/C14H31N.C7H6O2.ClH/c1-4-5-6-7-8-9-10-11-12-13-14-15(2)3;8-7(9)6-4-2-1-3-5-6;/h4-14H2,1-3H3;1-5H,(H,8,9);1H. The smallest absolute Gasteiger partial charge is 0.335 e. The molecule has 1 N–H and O–H groups in total. The summed E-state index contributed by atoms with van der Waals surface area (Å²) in [7, 11) is 4.32. The summed E-state index contributed by atoms with van der Waals surface area (Å²) in [6.07, 6.45) is 14.4. The van der Waals surface area contributed by atoms with Gasteiger partial charge in [-0.25, -0.2) is 4.79 Å². The Bertz CT molecular complexity index is 396. The quantitative estimate of drug-likeness (QED) is 0.440. The van der Waals surface area contributed by atoms with Gasteiger partial charge in [0.2, 0.25) is 0 Å². The van der Waals surface area contributed by atoms with Gasteiger partial charge in [-0.2, -0.15) is 0 Å². The van der Waals surface area contributed by atoms with Crippen molar-refractivity contribution in [3.05, 3.63) is 35.9 Å². The van der Waals surface area contributed by atoms with Crippen LogP contribution in [-0.4, -0.2) is 36.6 Å². The molecule has 4 heteroatoms. The number of carboxylic acids is 1. The molecule has 0 aliphatic rings. The second-order valence-electron chi connectivity index (χ2n) is 6.66. The summed E-state index contributed by atoms with van der Waals surface area (Å²) in [5.74, 6) is -0.879. The lowest BCUT2D eigenvalue weighted by molar-refractivity contribution is 0.0697. The molecular weight excluding hydrogens is 334 g/mol. The van der Waals surface area contributed by atoms with Gasteiger partial charge in [0, 0.05) is 0 Å². The molecule has 0 heterocycles. The minimum Gasteiger partial charge on any atom is -0.478 e. The van der Waals surface area contributed by atoms with Crippen molar-refractivity contribution in [2.45, 2.75) is 71.1 Å². The van der Waals surface area contributed by atoms with Crippen LogP contribution in [0.3, 0.4) is 0 Å². The Labute approximate surface area is 161 Å². The molecule has 0 atom stereocenters. The molecule has 1 aromatic rings. The van der Waals surface area contributed by atoms with Crippen molar-refractivity contribution in [3.8, 4) is 0 Å². The largest absolute Gasteiger partial charge is 0.478 e. The number of benzene rings is 1. The highest BCUT2D eigenvalue weighted by Crippen LogP contribution is 2.10. The van der Waals surface area contributed by atoms with Crippen LogP contribution in [-0.2, 0) is 0 Å². The van der Waals surface area contributed by atoms with Crippen molar-refractivity contribution in [2.24, 2.45) is 0 Å². The molecule has 1 aromatic carbocycles. The first-order valence-corrected chi connectivity index (χ1v) is 9.51. The van der Waals surface area contributed by atoms with Crippen LogP contribution in [0.15, 0.2) is 30.3 Å². The number of rotatable bonds is 12. The molecule has 0 fully saturated rings. The third-order valence-corrected chi connectivity index (χ3v) is 3.98. The fourth-order valence-corrected chi connectivity index (χ4v) is 2.50. The van der Waals surface area contributed by atoms with Gasteiger partial charge >= 0.3 is 5.97 Å². The van der Waals surface area contributed by atoms with E-state index in [9.17, 15) is 4.79 Å². The maximum atomic E-state index is 10.2. The molecule has 1 rings (SSSR count). The van der Waals surface area contributed by atoms with Gasteiger partial charge in [-0.1, -0.05) is 82.9 Å². The topological polar surface area (TPSA) is 40.5 Å². The van der Waals surface area contributed by atoms with Crippen LogP contribution in [0.25, 0.3) is 0 Å². The number of unbranched alkanes of at least 4 members (excludes halogenated alkanes) is 9. The van der Waals surface area contributed by atoms with Crippen molar-refractivity contribution in [1.29, 1.82) is 0 Å². The number of carbonyl (C=O) groups is 1. The Morgan fingerprint density at radius 1 is 0.840 bits per heavy atom. The van der Waals surface area contributed by atoms with E-state index >= 15 is 0 Å². The first-order chi connectivity index (χ1) is 11.6. The van der Waals surface area contributed by atoms with Crippen molar-refractivity contribution >= 4 is 18.4 Å². The van der Waals surface area contributed by atoms with Gasteiger partial charge in [0.15, 0.2) is 0 Å². The number of aromatic carboxylic acids is 1. The molecule has 0 saturated heterocycles. The van der Waals surface area contributed by atoms with E-state index in [0.29, 0.717) is 5.56 Å². The molecule has 25 heavy (non-hydrogen) atoms. The summed E-state index contributed by atoms with van der Waals surface area (Å²) < 4.78 is 0. The minimum absolute atomic E-state index is 0. The van der Waals surface area contributed by atoms with E-state index in [1.807, 2.05) is 0 Å². The normalized spacial score (nSPS) is 9.92. The summed E-state index contributed by atoms with van der Waals surface area (Å²) in [4.78, 5) is 12.5. The molecule has 0 aromatic heterocycles. The first kappa shape index (κ1) is 26.2. The zero-order chi connectivity index (χ0) is 18.0. The third-order valence-electron chi connectivity index (χ3n) is 3.98. The molecule has 0 radical (unpaired) electrons. The summed E-state index contributed by atoms with van der Waals surface area (Å²) in [6.45, 7) is 3.54. The Hall–Kier alpha value is -1.06. The maximum absolute atomic E-state index is 10.2. The highest BCUT2D eigenvalue weighted by atomic mass is 35.5. The van der Waals surface area contributed by atoms with Gasteiger partial charge in [-0.15, -0.1) is 12.4 Å². The molecular formula is C21H38ClNO2. The second kappa shape index (κ2) is 19.3. The summed E-state index contributed by atoms with van der Waals surface area (Å²) >= 11 is 0. The van der Waals surface area contributed by atoms with Crippen LogP contribution in [0.1, 0.15) is 81.5 Å². The van der Waals surface area contributed by atoms with E-state index in [1.165, 1.54) is 70.8 Å². The van der Waals surface area contributed by atoms with Gasteiger partial charge in [0.25, 0.3) is 0 Å². The molecule has 0 aliphatic heterocycles. The SMILES string of the molecule is CCCCCCCCCCCCN(C)C.Cl.O=C(O)c1ccccc1. The summed E-state index contributed by atoms with van der Waals surface area (Å²) in [5, 5.41) is 8.38. The molecule has 0 amide bonds. The molecule has 3 nitrogen and oxygen atoms in total. The highest BCUT2D eigenvalue weighted by molar-refractivity contribution is 5.87. The van der Waals surface area contributed by atoms with Crippen LogP contribution in [0.4, 0.5) is 0 Å². The average molecular weight is 372 g/mol. The Kier molecular flexibility index (Phi) is 20.2. The van der Waals surface area contributed by atoms with Crippen molar-refractivity contribution < 1.29 is 9.90 Å². The van der Waals surface area contributed by atoms with E-state index in [2.05, 4.69) is 25.9 Å². The molecule has 146 valence electrons. The second-order valence-corrected chi connectivity index (χ2v) is 6.66. The molecule has 0 spiro atoms. The molecule has 0 bridgehead atoms. The van der Waals surface area contributed by atoms with E-state index in [4.69, 9.17) is 5.11 Å². The van der Waals surface area contributed by atoms with Gasteiger partial charge in [-0.05, 0) is 39.2 Å². The lowest BCUT2D eigenvalue weighted by atomic mass is 10.1. The van der Waals surface area contributed by atoms with Crippen LogP contribution in [0.2, 0.25) is 0 Å². The fraction of sp³-hybridized carbons (Fsp3) is 0.667. The van der Waals surface area contributed by atoms with Crippen LogP contribution in [0.5, 0.6) is 0 Å². The summed E-state index contributed by atoms with van der Waals surface area (Å²) in [6, 6.07) is 8.30. The molecule has 0 aliphatic carbocycles. The fourth-order valence-electron chi connectivity index (χ4n) is 2.50. The lowest BCUT2D eigenvalue weighted by Gasteiger charge is -2.08. The lowest BCUT2D eigenvalue weighted by Crippen LogP contribution is -2.12. The van der Waals surface area contributed by atoms with Gasteiger partial charge in [0.05, 0.1) is 5.56 Å². The zero-order valence-electron chi connectivity index (χ0n) is 16.4. The predicted molar refractivity (Wildman–Crippen MR) is 111 cm³/mol. The number of nitrogens with zero attached hydrogens (tertiary/aromatic N) is 1. The van der Waals surface area contributed by atoms with Crippen molar-refractivity contribution in [3.63, 3.8) is 0 Å².